The second-order valence-electron chi connectivity index (χ2n) is 4.70. The van der Waals surface area contributed by atoms with Crippen molar-refractivity contribution >= 4 is 0 Å². The molecule has 1 aliphatic rings. The minimum absolute atomic E-state index is 0.325. The van der Waals surface area contributed by atoms with E-state index in [1.807, 2.05) is 12.1 Å². The van der Waals surface area contributed by atoms with Crippen LogP contribution in [-0.4, -0.2) is 43.4 Å². The third-order valence-electron chi connectivity index (χ3n) is 3.52. The Labute approximate surface area is 103 Å². The summed E-state index contributed by atoms with van der Waals surface area (Å²) >= 11 is 0. The highest BCUT2D eigenvalue weighted by atomic mass is 16.5. The quantitative estimate of drug-likeness (QED) is 0.840. The Bertz CT molecular complexity index is 354. The molecule has 0 aromatic heterocycles. The molecular formula is C14H21NO2. The van der Waals surface area contributed by atoms with Crippen molar-refractivity contribution < 1.29 is 9.84 Å². The van der Waals surface area contributed by atoms with E-state index in [9.17, 15) is 0 Å². The molecule has 17 heavy (non-hydrogen) atoms. The van der Waals surface area contributed by atoms with Crippen molar-refractivity contribution in [1.29, 1.82) is 0 Å². The minimum atomic E-state index is 0.325. The summed E-state index contributed by atoms with van der Waals surface area (Å²) in [6.45, 7) is 3.52. The van der Waals surface area contributed by atoms with Crippen LogP contribution in [0, 0.1) is 5.92 Å². The van der Waals surface area contributed by atoms with Crippen molar-refractivity contribution in [3.8, 4) is 5.75 Å². The molecular weight excluding hydrogens is 214 g/mol. The topological polar surface area (TPSA) is 32.7 Å². The highest BCUT2D eigenvalue weighted by Crippen LogP contribution is 2.20. The fourth-order valence-corrected chi connectivity index (χ4v) is 2.45. The minimum Gasteiger partial charge on any atom is -0.496 e. The van der Waals surface area contributed by atoms with Gasteiger partial charge in [0, 0.05) is 19.7 Å². The molecule has 1 aromatic carbocycles. The van der Waals surface area contributed by atoms with Gasteiger partial charge in [-0.1, -0.05) is 18.2 Å². The van der Waals surface area contributed by atoms with Crippen LogP contribution < -0.4 is 4.74 Å². The van der Waals surface area contributed by atoms with Gasteiger partial charge in [0.15, 0.2) is 0 Å². The van der Waals surface area contributed by atoms with Gasteiger partial charge in [0.05, 0.1) is 7.11 Å². The van der Waals surface area contributed by atoms with E-state index in [-0.39, 0.29) is 0 Å². The van der Waals surface area contributed by atoms with Crippen molar-refractivity contribution in [2.75, 3.05) is 33.4 Å². The lowest BCUT2D eigenvalue weighted by atomic mass is 10.1. The lowest BCUT2D eigenvalue weighted by Gasteiger charge is -2.16. The summed E-state index contributed by atoms with van der Waals surface area (Å²) in [7, 11) is 1.72. The Morgan fingerprint density at radius 2 is 2.24 bits per heavy atom. The van der Waals surface area contributed by atoms with Crippen LogP contribution in [0.5, 0.6) is 5.75 Å². The SMILES string of the molecule is COc1ccccc1CCN1CCC(CO)C1. The maximum atomic E-state index is 9.10. The van der Waals surface area contributed by atoms with Gasteiger partial charge in [-0.05, 0) is 36.9 Å². The molecule has 0 amide bonds. The standard InChI is InChI=1S/C14H21NO2/c1-17-14-5-3-2-4-13(14)7-9-15-8-6-12(10-15)11-16/h2-5,12,16H,6-11H2,1H3. The maximum Gasteiger partial charge on any atom is 0.122 e. The van der Waals surface area contributed by atoms with E-state index in [1.54, 1.807) is 7.11 Å². The molecule has 3 heteroatoms. The van der Waals surface area contributed by atoms with Crippen molar-refractivity contribution in [2.45, 2.75) is 12.8 Å². The zero-order valence-electron chi connectivity index (χ0n) is 10.4. The molecule has 1 unspecified atom stereocenters. The fourth-order valence-electron chi connectivity index (χ4n) is 2.45. The van der Waals surface area contributed by atoms with Crippen molar-refractivity contribution in [1.82, 2.24) is 4.90 Å². The Balaban J connectivity index is 1.85. The third-order valence-corrected chi connectivity index (χ3v) is 3.52. The Kier molecular flexibility index (Phi) is 4.40. The maximum absolute atomic E-state index is 9.10. The van der Waals surface area contributed by atoms with E-state index in [0.717, 1.165) is 38.2 Å². The molecule has 1 aliphatic heterocycles. The van der Waals surface area contributed by atoms with Gasteiger partial charge < -0.3 is 14.7 Å². The van der Waals surface area contributed by atoms with Crippen molar-refractivity contribution in [3.63, 3.8) is 0 Å². The molecule has 1 aromatic rings. The molecule has 1 saturated heterocycles. The average molecular weight is 235 g/mol. The molecule has 0 radical (unpaired) electrons. The molecule has 1 atom stereocenters. The molecule has 1 heterocycles. The molecule has 2 rings (SSSR count). The molecule has 94 valence electrons. The number of likely N-dealkylation sites (tertiary alicyclic amines) is 1. The fraction of sp³-hybridized carbons (Fsp3) is 0.571. The summed E-state index contributed by atoms with van der Waals surface area (Å²) in [6.07, 6.45) is 2.14. The Morgan fingerprint density at radius 1 is 1.41 bits per heavy atom. The second kappa shape index (κ2) is 6.03. The molecule has 1 N–H and O–H groups in total. The first-order valence-electron chi connectivity index (χ1n) is 6.28. The number of nitrogens with zero attached hydrogens (tertiary/aromatic N) is 1. The van der Waals surface area contributed by atoms with Gasteiger partial charge in [-0.15, -0.1) is 0 Å². The number of methoxy groups -OCH3 is 1. The number of ether oxygens (including phenoxy) is 1. The van der Waals surface area contributed by atoms with Gasteiger partial charge in [0.2, 0.25) is 0 Å². The summed E-state index contributed by atoms with van der Waals surface area (Å²) in [5.74, 6) is 1.46. The predicted octanol–water partition coefficient (Wildman–Crippen LogP) is 1.55. The molecule has 3 nitrogen and oxygen atoms in total. The largest absolute Gasteiger partial charge is 0.496 e. The Morgan fingerprint density at radius 3 is 2.94 bits per heavy atom. The first-order chi connectivity index (χ1) is 8.33. The van der Waals surface area contributed by atoms with E-state index in [4.69, 9.17) is 9.84 Å². The molecule has 0 aliphatic carbocycles. The number of aliphatic hydroxyl groups is 1. The van der Waals surface area contributed by atoms with Crippen LogP contribution in [-0.2, 0) is 6.42 Å². The molecule has 0 spiro atoms. The van der Waals surface area contributed by atoms with E-state index in [2.05, 4.69) is 17.0 Å². The monoisotopic (exact) mass is 235 g/mol. The van der Waals surface area contributed by atoms with Crippen molar-refractivity contribution in [2.24, 2.45) is 5.92 Å². The van der Waals surface area contributed by atoms with Gasteiger partial charge >= 0.3 is 0 Å². The van der Waals surface area contributed by atoms with Crippen LogP contribution in [0.4, 0.5) is 0 Å². The summed E-state index contributed by atoms with van der Waals surface area (Å²) in [5, 5.41) is 9.10. The summed E-state index contributed by atoms with van der Waals surface area (Å²) in [6, 6.07) is 8.19. The molecule has 0 bridgehead atoms. The molecule has 1 fully saturated rings. The lowest BCUT2D eigenvalue weighted by Crippen LogP contribution is -2.24. The molecule has 0 saturated carbocycles. The van der Waals surface area contributed by atoms with Gasteiger partial charge in [0.1, 0.15) is 5.75 Å². The van der Waals surface area contributed by atoms with Crippen molar-refractivity contribution in [3.05, 3.63) is 29.8 Å². The lowest BCUT2D eigenvalue weighted by molar-refractivity contribution is 0.222. The normalized spacial score (nSPS) is 20.7. The number of benzene rings is 1. The number of rotatable bonds is 5. The zero-order valence-corrected chi connectivity index (χ0v) is 10.4. The number of hydrogen-bond donors (Lipinski definition) is 1. The first-order valence-corrected chi connectivity index (χ1v) is 6.28. The summed E-state index contributed by atoms with van der Waals surface area (Å²) < 4.78 is 5.34. The van der Waals surface area contributed by atoms with Crippen LogP contribution in [0.25, 0.3) is 0 Å². The van der Waals surface area contributed by atoms with Crippen LogP contribution in [0.2, 0.25) is 0 Å². The number of hydrogen-bond acceptors (Lipinski definition) is 3. The van der Waals surface area contributed by atoms with Crippen LogP contribution in [0.15, 0.2) is 24.3 Å². The first kappa shape index (κ1) is 12.4. The van der Waals surface area contributed by atoms with E-state index >= 15 is 0 Å². The van der Waals surface area contributed by atoms with Crippen LogP contribution >= 0.6 is 0 Å². The Hall–Kier alpha value is -1.06. The third kappa shape index (κ3) is 3.20. The highest BCUT2D eigenvalue weighted by Gasteiger charge is 2.21. The van der Waals surface area contributed by atoms with E-state index in [1.165, 1.54) is 5.56 Å². The highest BCUT2D eigenvalue weighted by molar-refractivity contribution is 5.33. The number of para-hydroxylation sites is 1. The smallest absolute Gasteiger partial charge is 0.122 e. The predicted molar refractivity (Wildman–Crippen MR) is 68.3 cm³/mol. The van der Waals surface area contributed by atoms with Gasteiger partial charge in [-0.2, -0.15) is 0 Å². The zero-order chi connectivity index (χ0) is 12.1. The van der Waals surface area contributed by atoms with Crippen LogP contribution in [0.3, 0.4) is 0 Å². The van der Waals surface area contributed by atoms with E-state index in [0.29, 0.717) is 12.5 Å². The summed E-state index contributed by atoms with van der Waals surface area (Å²) in [4.78, 5) is 2.42. The second-order valence-corrected chi connectivity index (χ2v) is 4.70. The van der Waals surface area contributed by atoms with Crippen LogP contribution in [0.1, 0.15) is 12.0 Å². The average Bonchev–Trinajstić information content (AvgIpc) is 2.84. The van der Waals surface area contributed by atoms with Gasteiger partial charge in [-0.3, -0.25) is 0 Å². The van der Waals surface area contributed by atoms with Gasteiger partial charge in [-0.25, -0.2) is 0 Å². The number of aliphatic hydroxyl groups excluding tert-OH is 1. The van der Waals surface area contributed by atoms with Gasteiger partial charge in [0.25, 0.3) is 0 Å². The van der Waals surface area contributed by atoms with E-state index < -0.39 is 0 Å². The summed E-state index contributed by atoms with van der Waals surface area (Å²) in [5.41, 5.74) is 1.27.